The van der Waals surface area contributed by atoms with Crippen LogP contribution in [0.2, 0.25) is 0 Å². The normalized spacial score (nSPS) is 24.8. The zero-order valence-corrected chi connectivity index (χ0v) is 14.5. The second-order valence-corrected chi connectivity index (χ2v) is 6.13. The number of nitrogens with zero attached hydrogens (tertiary/aromatic N) is 1. The van der Waals surface area contributed by atoms with Crippen LogP contribution in [-0.2, 0) is 9.53 Å². The van der Waals surface area contributed by atoms with Crippen LogP contribution in [-0.4, -0.2) is 37.2 Å². The SMILES string of the molecule is COC(=O)[C@H]1N[C@@H](c2ccccc2)[C@H]([N+](=O)[O-])[C@H]1c1ccc(OC)cc1. The molecule has 2 aromatic carbocycles. The molecule has 2 aromatic rings. The summed E-state index contributed by atoms with van der Waals surface area (Å²) in [5.41, 5.74) is 1.45. The Balaban J connectivity index is 2.06. The Bertz CT molecular complexity index is 778. The minimum atomic E-state index is -1.00. The van der Waals surface area contributed by atoms with Crippen molar-refractivity contribution in [2.24, 2.45) is 0 Å². The van der Waals surface area contributed by atoms with Gasteiger partial charge in [0.25, 0.3) is 0 Å². The molecule has 1 heterocycles. The summed E-state index contributed by atoms with van der Waals surface area (Å²) in [5.74, 6) is -0.531. The quantitative estimate of drug-likeness (QED) is 0.502. The molecule has 26 heavy (non-hydrogen) atoms. The first kappa shape index (κ1) is 17.9. The Morgan fingerprint density at radius 1 is 1.04 bits per heavy atom. The molecule has 1 saturated heterocycles. The molecule has 0 unspecified atom stereocenters. The lowest BCUT2D eigenvalue weighted by Gasteiger charge is -2.19. The molecule has 1 N–H and O–H groups in total. The Kier molecular flexibility index (Phi) is 5.18. The van der Waals surface area contributed by atoms with E-state index in [-0.39, 0.29) is 4.92 Å². The molecule has 0 aliphatic carbocycles. The average Bonchev–Trinajstić information content (AvgIpc) is 3.09. The molecule has 7 heteroatoms. The van der Waals surface area contributed by atoms with Gasteiger partial charge in [0.05, 0.1) is 20.1 Å². The maximum Gasteiger partial charge on any atom is 0.323 e. The molecule has 0 aromatic heterocycles. The summed E-state index contributed by atoms with van der Waals surface area (Å²) in [6.07, 6.45) is 0. The van der Waals surface area contributed by atoms with Gasteiger partial charge in [-0.05, 0) is 23.3 Å². The zero-order chi connectivity index (χ0) is 18.7. The van der Waals surface area contributed by atoms with Crippen molar-refractivity contribution in [1.29, 1.82) is 0 Å². The van der Waals surface area contributed by atoms with E-state index in [1.54, 1.807) is 31.4 Å². The highest BCUT2D eigenvalue weighted by Gasteiger charge is 2.54. The lowest BCUT2D eigenvalue weighted by Crippen LogP contribution is -2.37. The Hall–Kier alpha value is -2.93. The first-order chi connectivity index (χ1) is 12.6. The molecule has 0 radical (unpaired) electrons. The van der Waals surface area contributed by atoms with E-state index in [4.69, 9.17) is 9.47 Å². The van der Waals surface area contributed by atoms with Gasteiger partial charge in [0.2, 0.25) is 6.04 Å². The van der Waals surface area contributed by atoms with Gasteiger partial charge in [-0.25, -0.2) is 0 Å². The number of carbonyl (C=O) groups excluding carboxylic acids is 1. The number of ether oxygens (including phenoxy) is 2. The summed E-state index contributed by atoms with van der Waals surface area (Å²) < 4.78 is 10.0. The molecule has 1 fully saturated rings. The number of hydrogen-bond donors (Lipinski definition) is 1. The van der Waals surface area contributed by atoms with Crippen LogP contribution in [0.3, 0.4) is 0 Å². The van der Waals surface area contributed by atoms with E-state index in [0.29, 0.717) is 11.3 Å². The predicted molar refractivity (Wildman–Crippen MR) is 94.6 cm³/mol. The number of methoxy groups -OCH3 is 2. The van der Waals surface area contributed by atoms with E-state index in [2.05, 4.69) is 5.32 Å². The van der Waals surface area contributed by atoms with Gasteiger partial charge < -0.3 is 9.47 Å². The predicted octanol–water partition coefficient (Wildman–Crippen LogP) is 2.31. The van der Waals surface area contributed by atoms with Crippen molar-refractivity contribution in [3.8, 4) is 5.75 Å². The molecule has 1 aliphatic heterocycles. The van der Waals surface area contributed by atoms with Crippen LogP contribution in [0, 0.1) is 10.1 Å². The van der Waals surface area contributed by atoms with Gasteiger partial charge in [0, 0.05) is 4.92 Å². The third-order valence-electron chi connectivity index (χ3n) is 4.79. The van der Waals surface area contributed by atoms with Crippen LogP contribution >= 0.6 is 0 Å². The Labute approximate surface area is 151 Å². The van der Waals surface area contributed by atoms with Gasteiger partial charge in [0.15, 0.2) is 0 Å². The van der Waals surface area contributed by atoms with Crippen LogP contribution in [0.15, 0.2) is 54.6 Å². The molecular weight excluding hydrogens is 336 g/mol. The summed E-state index contributed by atoms with van der Waals surface area (Å²) >= 11 is 0. The van der Waals surface area contributed by atoms with Crippen LogP contribution in [0.4, 0.5) is 0 Å². The van der Waals surface area contributed by atoms with Crippen molar-refractivity contribution >= 4 is 5.97 Å². The summed E-state index contributed by atoms with van der Waals surface area (Å²) in [4.78, 5) is 24.0. The largest absolute Gasteiger partial charge is 0.497 e. The summed E-state index contributed by atoms with van der Waals surface area (Å²) in [6, 6.07) is 13.7. The maximum atomic E-state index is 12.3. The van der Waals surface area contributed by atoms with Crippen molar-refractivity contribution in [1.82, 2.24) is 5.32 Å². The van der Waals surface area contributed by atoms with Gasteiger partial charge >= 0.3 is 5.97 Å². The van der Waals surface area contributed by atoms with Gasteiger partial charge in [-0.3, -0.25) is 20.2 Å². The highest BCUT2D eigenvalue weighted by atomic mass is 16.6. The van der Waals surface area contributed by atoms with E-state index in [1.807, 2.05) is 30.3 Å². The Morgan fingerprint density at radius 3 is 2.23 bits per heavy atom. The molecule has 0 saturated carbocycles. The first-order valence-electron chi connectivity index (χ1n) is 8.23. The number of carbonyl (C=O) groups is 1. The molecule has 4 atom stereocenters. The standard InChI is InChI=1S/C19H20N2O5/c1-25-14-10-8-12(9-11-14)15-17(19(22)26-2)20-16(18(15)21(23)24)13-6-4-3-5-7-13/h3-11,15-18,20H,1-2H3/t15-,16-,17-,18+/m0/s1. The molecular formula is C19H20N2O5. The highest BCUT2D eigenvalue weighted by molar-refractivity contribution is 5.78. The molecule has 1 aliphatic rings. The molecule has 0 bridgehead atoms. The summed E-state index contributed by atoms with van der Waals surface area (Å²) in [7, 11) is 2.83. The van der Waals surface area contributed by atoms with E-state index in [0.717, 1.165) is 5.56 Å². The molecule has 7 nitrogen and oxygen atoms in total. The van der Waals surface area contributed by atoms with Crippen LogP contribution in [0.5, 0.6) is 5.75 Å². The first-order valence-corrected chi connectivity index (χ1v) is 8.23. The smallest absolute Gasteiger partial charge is 0.323 e. The minimum Gasteiger partial charge on any atom is -0.497 e. The maximum absolute atomic E-state index is 12.3. The lowest BCUT2D eigenvalue weighted by molar-refractivity contribution is -0.527. The lowest BCUT2D eigenvalue weighted by atomic mass is 9.85. The van der Waals surface area contributed by atoms with Gasteiger partial charge in [-0.15, -0.1) is 0 Å². The average molecular weight is 356 g/mol. The second-order valence-electron chi connectivity index (χ2n) is 6.13. The van der Waals surface area contributed by atoms with Crippen LogP contribution in [0.1, 0.15) is 23.1 Å². The van der Waals surface area contributed by atoms with Crippen LogP contribution in [0.25, 0.3) is 0 Å². The number of rotatable bonds is 5. The van der Waals surface area contributed by atoms with Gasteiger partial charge in [0.1, 0.15) is 17.8 Å². The fraction of sp³-hybridized carbons (Fsp3) is 0.316. The van der Waals surface area contributed by atoms with E-state index < -0.39 is 30.0 Å². The summed E-state index contributed by atoms with van der Waals surface area (Å²) in [5, 5.41) is 15.1. The van der Waals surface area contributed by atoms with Crippen molar-refractivity contribution in [2.75, 3.05) is 14.2 Å². The summed E-state index contributed by atoms with van der Waals surface area (Å²) in [6.45, 7) is 0. The molecule has 3 rings (SSSR count). The Morgan fingerprint density at radius 2 is 1.69 bits per heavy atom. The fourth-order valence-corrected chi connectivity index (χ4v) is 3.56. The van der Waals surface area contributed by atoms with Gasteiger partial charge in [-0.1, -0.05) is 42.5 Å². The zero-order valence-electron chi connectivity index (χ0n) is 14.5. The highest BCUT2D eigenvalue weighted by Crippen LogP contribution is 2.40. The van der Waals surface area contributed by atoms with Crippen molar-refractivity contribution in [3.05, 3.63) is 75.8 Å². The van der Waals surface area contributed by atoms with E-state index in [9.17, 15) is 14.9 Å². The third-order valence-corrected chi connectivity index (χ3v) is 4.79. The minimum absolute atomic E-state index is 0.317. The van der Waals surface area contributed by atoms with Crippen molar-refractivity contribution < 1.29 is 19.2 Å². The van der Waals surface area contributed by atoms with Crippen molar-refractivity contribution in [2.45, 2.75) is 24.0 Å². The van der Waals surface area contributed by atoms with Crippen molar-refractivity contribution in [3.63, 3.8) is 0 Å². The number of nitro groups is 1. The molecule has 0 amide bonds. The fourth-order valence-electron chi connectivity index (χ4n) is 3.56. The third kappa shape index (κ3) is 3.25. The van der Waals surface area contributed by atoms with Gasteiger partial charge in [-0.2, -0.15) is 0 Å². The monoisotopic (exact) mass is 356 g/mol. The van der Waals surface area contributed by atoms with E-state index >= 15 is 0 Å². The topological polar surface area (TPSA) is 90.7 Å². The number of hydrogen-bond acceptors (Lipinski definition) is 6. The number of nitrogens with one attached hydrogen (secondary N) is 1. The number of esters is 1. The van der Waals surface area contributed by atoms with Crippen LogP contribution < -0.4 is 10.1 Å². The molecule has 136 valence electrons. The second kappa shape index (κ2) is 7.53. The molecule has 0 spiro atoms. The van der Waals surface area contributed by atoms with E-state index in [1.165, 1.54) is 7.11 Å². The number of benzene rings is 2.